The molecule has 0 saturated heterocycles. The van der Waals surface area contributed by atoms with Crippen molar-refractivity contribution in [1.82, 2.24) is 9.88 Å². The molecule has 0 unspecified atom stereocenters. The van der Waals surface area contributed by atoms with Crippen LogP contribution in [0, 0.1) is 6.92 Å². The number of nitrogens with zero attached hydrogens (tertiary/aromatic N) is 2. The largest absolute Gasteiger partial charge is 0.389 e. The molecular formula is C11H16N4OS. The first-order chi connectivity index (χ1) is 7.93. The minimum Gasteiger partial charge on any atom is -0.389 e. The minimum atomic E-state index is -0.0396. The molecule has 0 radical (unpaired) electrons. The van der Waals surface area contributed by atoms with E-state index >= 15 is 0 Å². The van der Waals surface area contributed by atoms with Crippen molar-refractivity contribution in [3.05, 3.63) is 23.4 Å². The summed E-state index contributed by atoms with van der Waals surface area (Å²) in [6.45, 7) is 2.06. The first-order valence-corrected chi connectivity index (χ1v) is 5.53. The third-order valence-electron chi connectivity index (χ3n) is 2.31. The number of anilines is 1. The van der Waals surface area contributed by atoms with Gasteiger partial charge in [0.15, 0.2) is 0 Å². The summed E-state index contributed by atoms with van der Waals surface area (Å²) in [6.07, 6.45) is 1.65. The van der Waals surface area contributed by atoms with Crippen LogP contribution in [0.4, 0.5) is 5.82 Å². The molecule has 6 heteroatoms. The Morgan fingerprint density at radius 1 is 1.59 bits per heavy atom. The lowest BCUT2D eigenvalue weighted by atomic mass is 10.1. The number of nitrogens with one attached hydrogen (secondary N) is 1. The lowest BCUT2D eigenvalue weighted by Gasteiger charge is -2.14. The van der Waals surface area contributed by atoms with Crippen LogP contribution in [0.3, 0.4) is 0 Å². The van der Waals surface area contributed by atoms with E-state index in [-0.39, 0.29) is 17.4 Å². The standard InChI is InChI=1S/C11H16N4OS/c1-7-4-5-13-11(9(7)10(12)17)14-6-8(16)15(2)3/h4-5H,6H2,1-3H3,(H2,12,17)(H,13,14). The Bertz CT molecular complexity index is 445. The van der Waals surface area contributed by atoms with Gasteiger partial charge in [-0.15, -0.1) is 0 Å². The lowest BCUT2D eigenvalue weighted by molar-refractivity contribution is -0.126. The highest BCUT2D eigenvalue weighted by atomic mass is 32.1. The molecule has 0 fully saturated rings. The van der Waals surface area contributed by atoms with E-state index in [2.05, 4.69) is 10.3 Å². The van der Waals surface area contributed by atoms with Gasteiger partial charge in [0.25, 0.3) is 0 Å². The summed E-state index contributed by atoms with van der Waals surface area (Å²) in [5.41, 5.74) is 7.26. The van der Waals surface area contributed by atoms with Gasteiger partial charge in [-0.3, -0.25) is 4.79 Å². The van der Waals surface area contributed by atoms with Gasteiger partial charge in [-0.25, -0.2) is 4.98 Å². The molecule has 0 atom stereocenters. The van der Waals surface area contributed by atoms with E-state index in [4.69, 9.17) is 18.0 Å². The molecule has 1 aromatic rings. The number of carbonyl (C=O) groups is 1. The molecular weight excluding hydrogens is 236 g/mol. The predicted molar refractivity (Wildman–Crippen MR) is 72.0 cm³/mol. The first-order valence-electron chi connectivity index (χ1n) is 5.13. The van der Waals surface area contributed by atoms with Gasteiger partial charge in [0, 0.05) is 20.3 Å². The van der Waals surface area contributed by atoms with E-state index in [0.717, 1.165) is 5.56 Å². The molecule has 3 N–H and O–H groups in total. The number of amides is 1. The maximum atomic E-state index is 11.5. The fourth-order valence-electron chi connectivity index (χ4n) is 1.32. The number of likely N-dealkylation sites (N-methyl/N-ethyl adjacent to an activating group) is 1. The average molecular weight is 252 g/mol. The van der Waals surface area contributed by atoms with Crippen molar-refractivity contribution < 1.29 is 4.79 Å². The Morgan fingerprint density at radius 3 is 2.76 bits per heavy atom. The number of thiocarbonyl (C=S) groups is 1. The van der Waals surface area contributed by atoms with Gasteiger partial charge in [0.05, 0.1) is 12.1 Å². The number of rotatable bonds is 4. The zero-order valence-electron chi connectivity index (χ0n) is 10.2. The highest BCUT2D eigenvalue weighted by Gasteiger charge is 2.11. The summed E-state index contributed by atoms with van der Waals surface area (Å²) in [5.74, 6) is 0.509. The zero-order chi connectivity index (χ0) is 13.0. The van der Waals surface area contributed by atoms with Crippen LogP contribution in [0.15, 0.2) is 12.3 Å². The summed E-state index contributed by atoms with van der Waals surface area (Å²) in [6, 6.07) is 1.83. The third-order valence-corrected chi connectivity index (χ3v) is 2.52. The molecule has 1 rings (SSSR count). The second kappa shape index (κ2) is 5.58. The Morgan fingerprint density at radius 2 is 2.24 bits per heavy atom. The second-order valence-corrected chi connectivity index (χ2v) is 4.30. The van der Waals surface area contributed by atoms with E-state index in [1.165, 1.54) is 4.90 Å². The van der Waals surface area contributed by atoms with E-state index in [9.17, 15) is 4.79 Å². The average Bonchev–Trinajstić information content (AvgIpc) is 2.24. The van der Waals surface area contributed by atoms with Gasteiger partial charge in [0.1, 0.15) is 10.8 Å². The summed E-state index contributed by atoms with van der Waals surface area (Å²) >= 11 is 4.97. The zero-order valence-corrected chi connectivity index (χ0v) is 11.0. The molecule has 17 heavy (non-hydrogen) atoms. The number of carbonyl (C=O) groups excluding carboxylic acids is 1. The van der Waals surface area contributed by atoms with Gasteiger partial charge in [-0.2, -0.15) is 0 Å². The second-order valence-electron chi connectivity index (χ2n) is 3.86. The fourth-order valence-corrected chi connectivity index (χ4v) is 1.58. The van der Waals surface area contributed by atoms with E-state index in [1.54, 1.807) is 20.3 Å². The Balaban J connectivity index is 2.88. The Hall–Kier alpha value is -1.69. The van der Waals surface area contributed by atoms with Crippen molar-refractivity contribution in [2.75, 3.05) is 26.0 Å². The quantitative estimate of drug-likeness (QED) is 0.765. The summed E-state index contributed by atoms with van der Waals surface area (Å²) in [5, 5.41) is 2.95. The van der Waals surface area contributed by atoms with Crippen molar-refractivity contribution in [2.45, 2.75) is 6.92 Å². The lowest BCUT2D eigenvalue weighted by Crippen LogP contribution is -2.29. The van der Waals surface area contributed by atoms with Gasteiger partial charge in [-0.1, -0.05) is 12.2 Å². The van der Waals surface area contributed by atoms with Crippen LogP contribution in [-0.2, 0) is 4.79 Å². The molecule has 1 aromatic heterocycles. The summed E-state index contributed by atoms with van der Waals surface area (Å²) in [7, 11) is 3.39. The number of nitrogens with two attached hydrogens (primary N) is 1. The molecule has 1 heterocycles. The monoisotopic (exact) mass is 252 g/mol. The predicted octanol–water partition coefficient (Wildman–Crippen LogP) is 0.524. The molecule has 0 spiro atoms. The number of aromatic nitrogens is 1. The Labute approximate surface area is 106 Å². The number of hydrogen-bond donors (Lipinski definition) is 2. The van der Waals surface area contributed by atoms with Gasteiger partial charge >= 0.3 is 0 Å². The molecule has 0 aliphatic rings. The normalized spacial score (nSPS) is 9.82. The van der Waals surface area contributed by atoms with Crippen molar-refractivity contribution in [1.29, 1.82) is 0 Å². The molecule has 0 bridgehead atoms. The highest BCUT2D eigenvalue weighted by Crippen LogP contribution is 2.16. The molecule has 5 nitrogen and oxygen atoms in total. The van der Waals surface area contributed by atoms with Crippen LogP contribution in [0.5, 0.6) is 0 Å². The van der Waals surface area contributed by atoms with Crippen molar-refractivity contribution >= 4 is 28.9 Å². The van der Waals surface area contributed by atoms with E-state index in [1.807, 2.05) is 13.0 Å². The van der Waals surface area contributed by atoms with Gasteiger partial charge in [-0.05, 0) is 18.6 Å². The highest BCUT2D eigenvalue weighted by molar-refractivity contribution is 7.80. The van der Waals surface area contributed by atoms with Crippen LogP contribution in [0.1, 0.15) is 11.1 Å². The molecule has 0 saturated carbocycles. The summed E-state index contributed by atoms with van der Waals surface area (Å²) in [4.78, 5) is 17.4. The first kappa shape index (κ1) is 13.4. The molecule has 92 valence electrons. The smallest absolute Gasteiger partial charge is 0.241 e. The maximum absolute atomic E-state index is 11.5. The topological polar surface area (TPSA) is 71.2 Å². The number of hydrogen-bond acceptors (Lipinski definition) is 4. The van der Waals surface area contributed by atoms with Crippen LogP contribution in [0.25, 0.3) is 0 Å². The number of aryl methyl sites for hydroxylation is 1. The number of pyridine rings is 1. The fraction of sp³-hybridized carbons (Fsp3) is 0.364. The minimum absolute atomic E-state index is 0.0396. The SMILES string of the molecule is Cc1ccnc(NCC(=O)N(C)C)c1C(N)=S. The van der Waals surface area contributed by atoms with Crippen LogP contribution < -0.4 is 11.1 Å². The van der Waals surface area contributed by atoms with Crippen LogP contribution in [0.2, 0.25) is 0 Å². The molecule has 0 aliphatic carbocycles. The third kappa shape index (κ3) is 3.39. The van der Waals surface area contributed by atoms with E-state index < -0.39 is 0 Å². The molecule has 1 amide bonds. The van der Waals surface area contributed by atoms with Crippen LogP contribution >= 0.6 is 12.2 Å². The molecule has 0 aromatic carbocycles. The van der Waals surface area contributed by atoms with E-state index in [0.29, 0.717) is 11.4 Å². The Kier molecular flexibility index (Phi) is 4.39. The van der Waals surface area contributed by atoms with Gasteiger partial charge < -0.3 is 16.0 Å². The molecule has 0 aliphatic heterocycles. The van der Waals surface area contributed by atoms with Gasteiger partial charge in [0.2, 0.25) is 5.91 Å². The van der Waals surface area contributed by atoms with Crippen LogP contribution in [-0.4, -0.2) is 41.4 Å². The van der Waals surface area contributed by atoms with Crippen molar-refractivity contribution in [2.24, 2.45) is 5.73 Å². The van der Waals surface area contributed by atoms with Crippen molar-refractivity contribution in [3.63, 3.8) is 0 Å². The van der Waals surface area contributed by atoms with Crippen molar-refractivity contribution in [3.8, 4) is 0 Å². The maximum Gasteiger partial charge on any atom is 0.241 e. The summed E-state index contributed by atoms with van der Waals surface area (Å²) < 4.78 is 0.